The van der Waals surface area contributed by atoms with Crippen molar-refractivity contribution in [2.75, 3.05) is 11.0 Å². The third-order valence-electron chi connectivity index (χ3n) is 3.57. The summed E-state index contributed by atoms with van der Waals surface area (Å²) in [7, 11) is 0. The number of halogens is 2. The van der Waals surface area contributed by atoms with E-state index in [9.17, 15) is 9.59 Å². The molecule has 0 aliphatic carbocycles. The van der Waals surface area contributed by atoms with Crippen LogP contribution in [0.15, 0.2) is 72.8 Å². The molecule has 142 valence electrons. The topological polar surface area (TPSA) is 76.7 Å². The van der Waals surface area contributed by atoms with Crippen molar-refractivity contribution in [2.45, 2.75) is 0 Å². The maximum absolute atomic E-state index is 12.1. The van der Waals surface area contributed by atoms with Crippen molar-refractivity contribution in [1.82, 2.24) is 0 Å². The molecule has 0 spiro atoms. The van der Waals surface area contributed by atoms with Crippen molar-refractivity contribution in [2.24, 2.45) is 0 Å². The molecule has 0 saturated heterocycles. The minimum Gasteiger partial charge on any atom is -0.338 e. The molecule has 0 fully saturated rings. The number of rotatable bonds is 6. The molecule has 0 aliphatic rings. The highest BCUT2D eigenvalue weighted by Crippen LogP contribution is 2.15. The van der Waals surface area contributed by atoms with Gasteiger partial charge in [-0.1, -0.05) is 23.2 Å². The van der Waals surface area contributed by atoms with Crippen LogP contribution in [0.3, 0.4) is 0 Å². The van der Waals surface area contributed by atoms with E-state index >= 15 is 0 Å². The first kappa shape index (κ1) is 19.5. The number of nitrogens with one attached hydrogen (secondary N) is 2. The first-order valence-electron chi connectivity index (χ1n) is 8.07. The van der Waals surface area contributed by atoms with Crippen LogP contribution >= 0.6 is 23.2 Å². The van der Waals surface area contributed by atoms with Gasteiger partial charge < -0.3 is 9.68 Å². The SMILES string of the molecule is O=C(ONc1ccc(Cl)cc1)c1ccc(C(=O)ONc2ccc(Cl)cc2)cc1. The molecule has 0 unspecified atom stereocenters. The van der Waals surface area contributed by atoms with E-state index in [0.717, 1.165) is 0 Å². The smallest absolute Gasteiger partial charge is 0.338 e. The summed E-state index contributed by atoms with van der Waals surface area (Å²) >= 11 is 11.6. The Hall–Kier alpha value is -3.22. The van der Waals surface area contributed by atoms with Crippen LogP contribution in [-0.2, 0) is 9.68 Å². The van der Waals surface area contributed by atoms with Crippen molar-refractivity contribution in [3.05, 3.63) is 94.0 Å². The predicted octanol–water partition coefficient (Wildman–Crippen LogP) is 5.36. The van der Waals surface area contributed by atoms with Crippen LogP contribution in [0.4, 0.5) is 11.4 Å². The quantitative estimate of drug-likeness (QED) is 0.526. The van der Waals surface area contributed by atoms with E-state index in [-0.39, 0.29) is 11.1 Å². The zero-order valence-corrected chi connectivity index (χ0v) is 15.8. The third kappa shape index (κ3) is 5.39. The fourth-order valence-corrected chi connectivity index (χ4v) is 2.36. The summed E-state index contributed by atoms with van der Waals surface area (Å²) in [6.45, 7) is 0. The summed E-state index contributed by atoms with van der Waals surface area (Å²) < 4.78 is 0. The lowest BCUT2D eigenvalue weighted by atomic mass is 10.1. The van der Waals surface area contributed by atoms with Crippen LogP contribution in [0.1, 0.15) is 20.7 Å². The van der Waals surface area contributed by atoms with Gasteiger partial charge in [-0.3, -0.25) is 0 Å². The molecular formula is C20H14Cl2N2O4. The molecule has 2 N–H and O–H groups in total. The summed E-state index contributed by atoms with van der Waals surface area (Å²) in [5.41, 5.74) is 6.75. The van der Waals surface area contributed by atoms with E-state index in [1.807, 2.05) is 0 Å². The van der Waals surface area contributed by atoms with Gasteiger partial charge >= 0.3 is 11.9 Å². The Kier molecular flexibility index (Phi) is 6.37. The van der Waals surface area contributed by atoms with Crippen LogP contribution in [0.25, 0.3) is 0 Å². The van der Waals surface area contributed by atoms with E-state index in [0.29, 0.717) is 21.4 Å². The first-order valence-corrected chi connectivity index (χ1v) is 8.82. The number of carbonyl (C=O) groups excluding carboxylic acids is 2. The Morgan fingerprint density at radius 2 is 0.893 bits per heavy atom. The van der Waals surface area contributed by atoms with Crippen molar-refractivity contribution >= 4 is 46.5 Å². The van der Waals surface area contributed by atoms with Crippen molar-refractivity contribution < 1.29 is 19.3 Å². The Labute approximate surface area is 170 Å². The van der Waals surface area contributed by atoms with E-state index in [1.165, 1.54) is 24.3 Å². The first-order chi connectivity index (χ1) is 13.5. The molecule has 0 heterocycles. The third-order valence-corrected chi connectivity index (χ3v) is 4.07. The predicted molar refractivity (Wildman–Crippen MR) is 107 cm³/mol. The molecule has 3 aromatic carbocycles. The molecule has 3 aromatic rings. The van der Waals surface area contributed by atoms with Crippen molar-refractivity contribution in [3.8, 4) is 0 Å². The molecule has 8 heteroatoms. The molecule has 28 heavy (non-hydrogen) atoms. The second kappa shape index (κ2) is 9.12. The summed E-state index contributed by atoms with van der Waals surface area (Å²) in [6.07, 6.45) is 0. The van der Waals surface area contributed by atoms with Crippen LogP contribution in [0.5, 0.6) is 0 Å². The van der Waals surface area contributed by atoms with Gasteiger partial charge in [0.25, 0.3) is 0 Å². The highest BCUT2D eigenvalue weighted by Gasteiger charge is 2.12. The molecule has 6 nitrogen and oxygen atoms in total. The van der Waals surface area contributed by atoms with Crippen LogP contribution in [-0.4, -0.2) is 11.9 Å². The van der Waals surface area contributed by atoms with E-state index < -0.39 is 11.9 Å². The van der Waals surface area contributed by atoms with Gasteiger partial charge in [-0.15, -0.1) is 0 Å². The molecule has 0 atom stereocenters. The lowest BCUT2D eigenvalue weighted by Crippen LogP contribution is -2.13. The normalized spacial score (nSPS) is 10.1. The molecule has 0 aromatic heterocycles. The number of anilines is 2. The van der Waals surface area contributed by atoms with E-state index in [2.05, 4.69) is 11.0 Å². The van der Waals surface area contributed by atoms with Gasteiger partial charge in [0.15, 0.2) is 0 Å². The number of hydrogen-bond acceptors (Lipinski definition) is 6. The second-order valence-electron chi connectivity index (χ2n) is 5.57. The summed E-state index contributed by atoms with van der Waals surface area (Å²) in [6, 6.07) is 19.2. The molecular weight excluding hydrogens is 403 g/mol. The molecule has 0 radical (unpaired) electrons. The van der Waals surface area contributed by atoms with Gasteiger partial charge in [-0.25, -0.2) is 20.5 Å². The van der Waals surface area contributed by atoms with E-state index in [1.54, 1.807) is 48.5 Å². The summed E-state index contributed by atoms with van der Waals surface area (Å²) in [5.74, 6) is -1.21. The Balaban J connectivity index is 1.53. The van der Waals surface area contributed by atoms with Gasteiger partial charge in [0.2, 0.25) is 0 Å². The van der Waals surface area contributed by atoms with Crippen LogP contribution in [0.2, 0.25) is 10.0 Å². The maximum Gasteiger partial charge on any atom is 0.362 e. The zero-order chi connectivity index (χ0) is 19.9. The van der Waals surface area contributed by atoms with Gasteiger partial charge in [0, 0.05) is 10.0 Å². The van der Waals surface area contributed by atoms with Crippen LogP contribution in [0, 0.1) is 0 Å². The lowest BCUT2D eigenvalue weighted by Gasteiger charge is -2.08. The van der Waals surface area contributed by atoms with Crippen molar-refractivity contribution in [3.63, 3.8) is 0 Å². The largest absolute Gasteiger partial charge is 0.362 e. The Bertz CT molecular complexity index is 879. The number of hydrogen-bond donors (Lipinski definition) is 2. The van der Waals surface area contributed by atoms with Crippen LogP contribution < -0.4 is 11.0 Å². The fraction of sp³-hybridized carbons (Fsp3) is 0. The van der Waals surface area contributed by atoms with Gasteiger partial charge in [0.1, 0.15) is 0 Å². The fourth-order valence-electron chi connectivity index (χ4n) is 2.11. The molecule has 0 bridgehead atoms. The minimum atomic E-state index is -0.603. The average molecular weight is 417 g/mol. The standard InChI is InChI=1S/C20H14Cl2N2O4/c21-15-5-9-17(10-6-15)23-27-19(25)13-1-2-14(4-3-13)20(26)28-24-18-11-7-16(22)8-12-18/h1-12,23-24H. The van der Waals surface area contributed by atoms with E-state index in [4.69, 9.17) is 32.9 Å². The molecule has 3 rings (SSSR count). The Morgan fingerprint density at radius 1 is 0.571 bits per heavy atom. The maximum atomic E-state index is 12.1. The zero-order valence-electron chi connectivity index (χ0n) is 14.3. The lowest BCUT2D eigenvalue weighted by molar-refractivity contribution is 0.0582. The van der Waals surface area contributed by atoms with Gasteiger partial charge in [-0.2, -0.15) is 0 Å². The molecule has 0 aliphatic heterocycles. The van der Waals surface area contributed by atoms with Gasteiger partial charge in [-0.05, 0) is 72.8 Å². The highest BCUT2D eigenvalue weighted by molar-refractivity contribution is 6.30. The van der Waals surface area contributed by atoms with Gasteiger partial charge in [0.05, 0.1) is 22.5 Å². The number of benzene rings is 3. The number of carbonyl (C=O) groups is 2. The highest BCUT2D eigenvalue weighted by atomic mass is 35.5. The summed E-state index contributed by atoms with van der Waals surface area (Å²) in [4.78, 5) is 34.1. The molecule has 0 saturated carbocycles. The van der Waals surface area contributed by atoms with Crippen molar-refractivity contribution in [1.29, 1.82) is 0 Å². The summed E-state index contributed by atoms with van der Waals surface area (Å²) in [5, 5.41) is 1.15. The monoisotopic (exact) mass is 416 g/mol. The Morgan fingerprint density at radius 3 is 1.21 bits per heavy atom. The average Bonchev–Trinajstić information content (AvgIpc) is 2.72. The second-order valence-corrected chi connectivity index (χ2v) is 6.45. The minimum absolute atomic E-state index is 0.267. The molecule has 0 amide bonds.